The number of carbonyl (C=O) groups excluding carboxylic acids is 1. The van der Waals surface area contributed by atoms with Gasteiger partial charge in [0.2, 0.25) is 0 Å². The number of nitrogens with one attached hydrogen (secondary N) is 1. The zero-order chi connectivity index (χ0) is 26.8. The number of benzene rings is 1. The predicted octanol–water partition coefficient (Wildman–Crippen LogP) is 2.09. The molecule has 1 spiro atoms. The van der Waals surface area contributed by atoms with E-state index >= 15 is 0 Å². The largest absolute Gasteiger partial charge is 0.462 e. The van der Waals surface area contributed by atoms with Crippen LogP contribution in [0.25, 0.3) is 0 Å². The number of nitrogens with two attached hydrogens (primary N) is 1. The number of hydrogen-bond acceptors (Lipinski definition) is 11. The Bertz CT molecular complexity index is 1210. The van der Waals surface area contributed by atoms with Crippen LogP contribution in [0, 0.1) is 0 Å². The number of hydrogen-bond donors (Lipinski definition) is 3. The lowest BCUT2D eigenvalue weighted by Crippen LogP contribution is -2.51. The van der Waals surface area contributed by atoms with Gasteiger partial charge < -0.3 is 24.8 Å². The summed E-state index contributed by atoms with van der Waals surface area (Å²) in [7, 11) is -4.16. The molecule has 0 bridgehead atoms. The zero-order valence-corrected chi connectivity index (χ0v) is 22.4. The molecule has 2 aromatic rings. The van der Waals surface area contributed by atoms with Crippen molar-refractivity contribution < 1.29 is 33.0 Å². The monoisotopic (exact) mass is 554 g/mol. The van der Waals surface area contributed by atoms with Crippen molar-refractivity contribution in [2.75, 3.05) is 18.1 Å². The Kier molecular flexibility index (Phi) is 8.32. The van der Waals surface area contributed by atoms with E-state index < -0.39 is 48.6 Å². The molecule has 37 heavy (non-hydrogen) atoms. The van der Waals surface area contributed by atoms with Crippen molar-refractivity contribution >= 4 is 31.3 Å². The molecule has 12 nitrogen and oxygen atoms in total. The molecule has 2 saturated heterocycles. The summed E-state index contributed by atoms with van der Waals surface area (Å²) in [6.45, 7) is 4.53. The third-order valence-electron chi connectivity index (χ3n) is 5.98. The SMILES string of the molecule is CC(C)OC(=O)C(C)NP(=O)(OC[C@H]1O[C@@H](n2ccc(N)nc2=O)[C@@]2(CCS2)[C@@H]1O)Oc1ccccc1. The molecule has 3 heterocycles. The molecule has 202 valence electrons. The molecule has 0 amide bonds. The quantitative estimate of drug-likeness (QED) is 0.290. The molecule has 0 aliphatic carbocycles. The van der Waals surface area contributed by atoms with Crippen molar-refractivity contribution in [1.82, 2.24) is 14.6 Å². The van der Waals surface area contributed by atoms with E-state index in [9.17, 15) is 19.3 Å². The Labute approximate surface area is 218 Å². The average molecular weight is 555 g/mol. The standard InChI is InChI=1S/C23H31N4O8PS/c1-14(2)33-20(29)15(3)26-36(31,35-16-7-5-4-6-8-16)32-13-17-19(28)23(10-12-37-23)21(34-17)27-11-9-18(24)25-22(27)30/h4-9,11,14-15,17,19,21,28H,10,12-13H2,1-3H3,(H,26,31)(H2,24,25,30)/t15?,17-,19-,21-,23-,36?/m1/s1. The van der Waals surface area contributed by atoms with Gasteiger partial charge in [0, 0.05) is 6.20 Å². The Morgan fingerprint density at radius 1 is 1.35 bits per heavy atom. The Morgan fingerprint density at radius 2 is 2.05 bits per heavy atom. The van der Waals surface area contributed by atoms with Crippen LogP contribution in [0.1, 0.15) is 33.4 Å². The number of rotatable bonds is 10. The van der Waals surface area contributed by atoms with Crippen LogP contribution in [0.2, 0.25) is 0 Å². The number of aliphatic hydroxyl groups is 1. The van der Waals surface area contributed by atoms with E-state index in [4.69, 9.17) is 24.3 Å². The van der Waals surface area contributed by atoms with Gasteiger partial charge in [0.1, 0.15) is 29.8 Å². The van der Waals surface area contributed by atoms with Crippen molar-refractivity contribution in [3.63, 3.8) is 0 Å². The first kappa shape index (κ1) is 27.6. The van der Waals surface area contributed by atoms with Gasteiger partial charge in [-0.25, -0.2) is 9.36 Å². The molecule has 2 aliphatic rings. The number of para-hydroxylation sites is 1. The molecule has 1 aromatic carbocycles. The third-order valence-corrected chi connectivity index (χ3v) is 9.21. The van der Waals surface area contributed by atoms with E-state index in [1.165, 1.54) is 35.5 Å². The number of aliphatic hydroxyl groups excluding tert-OH is 1. The van der Waals surface area contributed by atoms with Gasteiger partial charge in [-0.2, -0.15) is 10.1 Å². The highest BCUT2D eigenvalue weighted by atomic mass is 32.2. The normalized spacial score (nSPS) is 27.4. The van der Waals surface area contributed by atoms with Gasteiger partial charge in [0.25, 0.3) is 0 Å². The van der Waals surface area contributed by atoms with Crippen LogP contribution in [0.5, 0.6) is 5.75 Å². The minimum absolute atomic E-state index is 0.0742. The fourth-order valence-corrected chi connectivity index (χ4v) is 6.94. The number of aromatic nitrogens is 2. The third kappa shape index (κ3) is 6.02. The van der Waals surface area contributed by atoms with Crippen LogP contribution in [0.4, 0.5) is 5.82 Å². The van der Waals surface area contributed by atoms with E-state index in [-0.39, 0.29) is 24.3 Å². The Balaban J connectivity index is 1.53. The first-order valence-corrected chi connectivity index (χ1v) is 14.4. The van der Waals surface area contributed by atoms with Crippen molar-refractivity contribution in [3.05, 3.63) is 53.1 Å². The van der Waals surface area contributed by atoms with Crippen molar-refractivity contribution in [2.24, 2.45) is 0 Å². The maximum absolute atomic E-state index is 13.7. The van der Waals surface area contributed by atoms with Gasteiger partial charge in [-0.1, -0.05) is 18.2 Å². The molecule has 2 fully saturated rings. The number of carbonyl (C=O) groups is 1. The fraction of sp³-hybridized carbons (Fsp3) is 0.522. The number of anilines is 1. The average Bonchev–Trinajstić information content (AvgIpc) is 3.10. The summed E-state index contributed by atoms with van der Waals surface area (Å²) in [5.41, 5.74) is 5.01. The Hall–Kier alpha value is -2.41. The van der Waals surface area contributed by atoms with E-state index in [1.54, 1.807) is 44.2 Å². The van der Waals surface area contributed by atoms with Gasteiger partial charge in [0.05, 0.1) is 17.5 Å². The number of nitrogens with zero attached hydrogens (tertiary/aromatic N) is 2. The van der Waals surface area contributed by atoms with E-state index in [1.807, 2.05) is 0 Å². The Morgan fingerprint density at radius 3 is 2.65 bits per heavy atom. The second-order valence-electron chi connectivity index (χ2n) is 9.10. The van der Waals surface area contributed by atoms with Gasteiger partial charge in [-0.3, -0.25) is 13.9 Å². The van der Waals surface area contributed by atoms with Gasteiger partial charge in [-0.15, -0.1) is 11.8 Å². The highest BCUT2D eigenvalue weighted by Gasteiger charge is 2.61. The van der Waals surface area contributed by atoms with E-state index in [2.05, 4.69) is 10.1 Å². The van der Waals surface area contributed by atoms with Crippen LogP contribution in [0.3, 0.4) is 0 Å². The number of thioether (sulfide) groups is 1. The fourth-order valence-electron chi connectivity index (χ4n) is 4.12. The van der Waals surface area contributed by atoms with Crippen LogP contribution >= 0.6 is 19.5 Å². The lowest BCUT2D eigenvalue weighted by Gasteiger charge is -2.43. The second-order valence-corrected chi connectivity index (χ2v) is 12.3. The van der Waals surface area contributed by atoms with Crippen LogP contribution in [0.15, 0.2) is 47.4 Å². The summed E-state index contributed by atoms with van der Waals surface area (Å²) in [4.78, 5) is 28.6. The minimum Gasteiger partial charge on any atom is -0.462 e. The van der Waals surface area contributed by atoms with Crippen LogP contribution < -0.4 is 21.0 Å². The van der Waals surface area contributed by atoms with E-state index in [0.717, 1.165) is 5.75 Å². The lowest BCUT2D eigenvalue weighted by atomic mass is 9.94. The van der Waals surface area contributed by atoms with Gasteiger partial charge in [0.15, 0.2) is 6.23 Å². The van der Waals surface area contributed by atoms with Crippen molar-refractivity contribution in [2.45, 2.75) is 62.5 Å². The summed E-state index contributed by atoms with van der Waals surface area (Å²) in [5, 5.41) is 13.8. The second kappa shape index (κ2) is 11.1. The molecule has 0 radical (unpaired) electrons. The summed E-state index contributed by atoms with van der Waals surface area (Å²) in [6, 6.07) is 8.79. The zero-order valence-electron chi connectivity index (χ0n) is 20.7. The predicted molar refractivity (Wildman–Crippen MR) is 137 cm³/mol. The summed E-state index contributed by atoms with van der Waals surface area (Å²) in [5.74, 6) is 0.464. The maximum Gasteiger partial charge on any atom is 0.459 e. The molecule has 4 N–H and O–H groups in total. The molecule has 0 saturated carbocycles. The number of esters is 1. The van der Waals surface area contributed by atoms with Gasteiger partial charge in [-0.05, 0) is 51.1 Å². The number of ether oxygens (including phenoxy) is 2. The molecule has 1 aromatic heterocycles. The maximum atomic E-state index is 13.7. The molecule has 4 rings (SSSR count). The summed E-state index contributed by atoms with van der Waals surface area (Å²) < 4.78 is 36.9. The van der Waals surface area contributed by atoms with Crippen LogP contribution in [-0.4, -0.2) is 62.1 Å². The number of nitrogen functional groups attached to an aromatic ring is 1. The first-order valence-electron chi connectivity index (χ1n) is 11.8. The highest BCUT2D eigenvalue weighted by molar-refractivity contribution is 8.02. The topological polar surface area (TPSA) is 164 Å². The van der Waals surface area contributed by atoms with Crippen LogP contribution in [-0.2, 0) is 23.4 Å². The molecule has 6 atom stereocenters. The molecule has 2 aliphatic heterocycles. The minimum atomic E-state index is -4.16. The van der Waals surface area contributed by atoms with Crippen molar-refractivity contribution in [3.8, 4) is 5.75 Å². The molecule has 14 heteroatoms. The highest BCUT2D eigenvalue weighted by Crippen LogP contribution is 2.57. The van der Waals surface area contributed by atoms with E-state index in [0.29, 0.717) is 6.42 Å². The van der Waals surface area contributed by atoms with Crippen molar-refractivity contribution in [1.29, 1.82) is 0 Å². The summed E-state index contributed by atoms with van der Waals surface area (Å²) >= 11 is 1.47. The molecule has 2 unspecified atom stereocenters. The summed E-state index contributed by atoms with van der Waals surface area (Å²) in [6.07, 6.45) is -1.14. The van der Waals surface area contributed by atoms with Gasteiger partial charge >= 0.3 is 19.4 Å². The molecular weight excluding hydrogens is 523 g/mol. The first-order chi connectivity index (χ1) is 17.5. The lowest BCUT2D eigenvalue weighted by molar-refractivity contribution is -0.149. The smallest absolute Gasteiger partial charge is 0.459 e. The molecular formula is C23H31N4O8PS.